The molecule has 2 atom stereocenters. The Hall–Kier alpha value is -0.940. The molecule has 27 heavy (non-hydrogen) atoms. The van der Waals surface area contributed by atoms with E-state index in [4.69, 9.17) is 9.26 Å². The lowest BCUT2D eigenvalue weighted by atomic mass is 10.2. The number of aromatic nitrogens is 2. The van der Waals surface area contributed by atoms with Gasteiger partial charge in [0.25, 0.3) is 0 Å². The Morgan fingerprint density at radius 2 is 1.96 bits per heavy atom. The van der Waals surface area contributed by atoms with E-state index in [2.05, 4.69) is 51.4 Å². The van der Waals surface area contributed by atoms with Crippen molar-refractivity contribution in [3.8, 4) is 0 Å². The van der Waals surface area contributed by atoms with Crippen molar-refractivity contribution in [2.45, 2.75) is 66.2 Å². The average Bonchev–Trinajstić information content (AvgIpc) is 3.11. The molecule has 0 bridgehead atoms. The summed E-state index contributed by atoms with van der Waals surface area (Å²) >= 11 is 0. The highest BCUT2D eigenvalue weighted by Crippen LogP contribution is 2.12. The van der Waals surface area contributed by atoms with Gasteiger partial charge >= 0.3 is 0 Å². The van der Waals surface area contributed by atoms with Gasteiger partial charge in [-0.15, -0.1) is 24.0 Å². The molecule has 1 heterocycles. The van der Waals surface area contributed by atoms with Crippen LogP contribution in [0.3, 0.4) is 0 Å². The van der Waals surface area contributed by atoms with E-state index in [1.807, 2.05) is 13.8 Å². The summed E-state index contributed by atoms with van der Waals surface area (Å²) < 4.78 is 10.7. The lowest BCUT2D eigenvalue weighted by Crippen LogP contribution is -2.42. The van der Waals surface area contributed by atoms with E-state index < -0.39 is 0 Å². The maximum Gasteiger partial charge on any atom is 0.246 e. The van der Waals surface area contributed by atoms with Crippen LogP contribution in [0.15, 0.2) is 9.52 Å². The molecule has 0 saturated heterocycles. The summed E-state index contributed by atoms with van der Waals surface area (Å²) in [6, 6.07) is 0.341. The second-order valence-electron chi connectivity index (χ2n) is 6.28. The molecule has 1 aromatic rings. The molecule has 9 heteroatoms. The first kappa shape index (κ1) is 26.1. The van der Waals surface area contributed by atoms with Crippen LogP contribution in [0.4, 0.5) is 0 Å². The number of guanidine groups is 1. The summed E-state index contributed by atoms with van der Waals surface area (Å²) in [6.07, 6.45) is 2.09. The Balaban J connectivity index is 0.00000676. The Kier molecular flexibility index (Phi) is 14.5. The Bertz CT molecular complexity index is 522. The minimum atomic E-state index is -0.166. The molecule has 0 aliphatic heterocycles. The van der Waals surface area contributed by atoms with Gasteiger partial charge in [0.2, 0.25) is 5.89 Å². The fourth-order valence-electron chi connectivity index (χ4n) is 2.65. The van der Waals surface area contributed by atoms with Crippen molar-refractivity contribution in [3.05, 3.63) is 11.7 Å². The third-order valence-electron chi connectivity index (χ3n) is 4.28. The van der Waals surface area contributed by atoms with Crippen molar-refractivity contribution in [3.63, 3.8) is 0 Å². The molecule has 0 aliphatic rings. The van der Waals surface area contributed by atoms with Crippen LogP contribution in [0.1, 0.15) is 65.3 Å². The van der Waals surface area contributed by atoms with E-state index in [0.717, 1.165) is 38.4 Å². The van der Waals surface area contributed by atoms with Crippen molar-refractivity contribution in [2.24, 2.45) is 4.99 Å². The number of ether oxygens (including phenoxy) is 1. The van der Waals surface area contributed by atoms with Gasteiger partial charge in [-0.1, -0.05) is 19.0 Å². The third kappa shape index (κ3) is 10.2. The topological polar surface area (TPSA) is 87.8 Å². The molecule has 0 aliphatic carbocycles. The summed E-state index contributed by atoms with van der Waals surface area (Å²) in [5.74, 6) is 1.82. The quantitative estimate of drug-likeness (QED) is 0.261. The minimum Gasteiger partial charge on any atom is -0.371 e. The largest absolute Gasteiger partial charge is 0.371 e. The van der Waals surface area contributed by atoms with Crippen LogP contribution < -0.4 is 10.6 Å². The molecule has 1 rings (SSSR count). The molecule has 8 nitrogen and oxygen atoms in total. The normalized spacial score (nSPS) is 14.0. The van der Waals surface area contributed by atoms with Crippen LogP contribution in [0.2, 0.25) is 0 Å². The van der Waals surface area contributed by atoms with Crippen LogP contribution in [-0.4, -0.2) is 60.3 Å². The van der Waals surface area contributed by atoms with Crippen molar-refractivity contribution < 1.29 is 9.26 Å². The zero-order valence-corrected chi connectivity index (χ0v) is 19.9. The van der Waals surface area contributed by atoms with Crippen molar-refractivity contribution in [1.82, 2.24) is 25.7 Å². The predicted molar refractivity (Wildman–Crippen MR) is 120 cm³/mol. The maximum atomic E-state index is 5.47. The van der Waals surface area contributed by atoms with Crippen LogP contribution >= 0.6 is 24.0 Å². The number of nitrogens with zero attached hydrogens (tertiary/aromatic N) is 4. The lowest BCUT2D eigenvalue weighted by molar-refractivity contribution is 0.0683. The van der Waals surface area contributed by atoms with E-state index in [0.29, 0.717) is 30.9 Å². The zero-order valence-electron chi connectivity index (χ0n) is 17.6. The van der Waals surface area contributed by atoms with Crippen molar-refractivity contribution >= 4 is 29.9 Å². The fourth-order valence-corrected chi connectivity index (χ4v) is 2.65. The van der Waals surface area contributed by atoms with Gasteiger partial charge in [0, 0.05) is 19.7 Å². The van der Waals surface area contributed by atoms with Crippen LogP contribution in [0, 0.1) is 0 Å². The Labute approximate surface area is 180 Å². The van der Waals surface area contributed by atoms with Crippen LogP contribution in [0.25, 0.3) is 0 Å². The lowest BCUT2D eigenvalue weighted by Gasteiger charge is -2.21. The highest BCUT2D eigenvalue weighted by Gasteiger charge is 2.14. The number of hydrogen-bond donors (Lipinski definition) is 2. The first-order valence-corrected chi connectivity index (χ1v) is 9.67. The monoisotopic (exact) mass is 496 g/mol. The van der Waals surface area contributed by atoms with Gasteiger partial charge in [-0.2, -0.15) is 4.98 Å². The summed E-state index contributed by atoms with van der Waals surface area (Å²) in [7, 11) is 1.76. The van der Waals surface area contributed by atoms with E-state index >= 15 is 0 Å². The van der Waals surface area contributed by atoms with E-state index in [1.165, 1.54) is 0 Å². The minimum absolute atomic E-state index is 0. The van der Waals surface area contributed by atoms with Gasteiger partial charge in [-0.3, -0.25) is 4.99 Å². The van der Waals surface area contributed by atoms with Gasteiger partial charge in [0.05, 0.1) is 6.54 Å². The van der Waals surface area contributed by atoms with Gasteiger partial charge in [0.1, 0.15) is 6.10 Å². The smallest absolute Gasteiger partial charge is 0.246 e. The van der Waals surface area contributed by atoms with Crippen LogP contribution in [-0.2, 0) is 11.3 Å². The number of rotatable bonds is 12. The van der Waals surface area contributed by atoms with Gasteiger partial charge in [-0.25, -0.2) is 0 Å². The van der Waals surface area contributed by atoms with Crippen LogP contribution in [0.5, 0.6) is 0 Å². The summed E-state index contributed by atoms with van der Waals surface area (Å²) in [6.45, 7) is 14.8. The maximum absolute atomic E-state index is 5.47. The predicted octanol–water partition coefficient (Wildman–Crippen LogP) is 2.96. The van der Waals surface area contributed by atoms with E-state index in [1.54, 1.807) is 7.05 Å². The molecule has 0 amide bonds. The molecule has 0 spiro atoms. The van der Waals surface area contributed by atoms with Gasteiger partial charge < -0.3 is 24.8 Å². The van der Waals surface area contributed by atoms with Gasteiger partial charge in [0.15, 0.2) is 11.8 Å². The first-order valence-electron chi connectivity index (χ1n) is 9.67. The van der Waals surface area contributed by atoms with Gasteiger partial charge in [-0.05, 0) is 53.2 Å². The van der Waals surface area contributed by atoms with E-state index in [9.17, 15) is 0 Å². The molecule has 0 radical (unpaired) electrons. The van der Waals surface area contributed by atoms with Crippen molar-refractivity contribution in [2.75, 3.05) is 33.3 Å². The molecule has 2 unspecified atom stereocenters. The number of hydrogen-bond acceptors (Lipinski definition) is 6. The van der Waals surface area contributed by atoms with Crippen molar-refractivity contribution in [1.29, 1.82) is 0 Å². The Morgan fingerprint density at radius 3 is 2.56 bits per heavy atom. The molecule has 1 aromatic heterocycles. The molecule has 0 fully saturated rings. The summed E-state index contributed by atoms with van der Waals surface area (Å²) in [4.78, 5) is 11.0. The zero-order chi connectivity index (χ0) is 19.4. The molecule has 0 saturated carbocycles. The number of aliphatic imine (C=N–C) groups is 1. The first-order chi connectivity index (χ1) is 12.5. The summed E-state index contributed by atoms with van der Waals surface area (Å²) in [5.41, 5.74) is 0. The highest BCUT2D eigenvalue weighted by molar-refractivity contribution is 14.0. The second-order valence-corrected chi connectivity index (χ2v) is 6.28. The SMILES string of the molecule is CCOC(C)c1noc(CNC(=NC)NC(C)CCCN(CC)CC)n1.I. The Morgan fingerprint density at radius 1 is 1.26 bits per heavy atom. The molecule has 158 valence electrons. The molecular weight excluding hydrogens is 459 g/mol. The third-order valence-corrected chi connectivity index (χ3v) is 4.28. The molecular formula is C18H37IN6O2. The number of halogens is 1. The fraction of sp³-hybridized carbons (Fsp3) is 0.833. The standard InChI is InChI=1S/C18H36N6O2.HI/c1-7-24(8-2)12-10-11-14(4)21-18(19-6)20-13-16-22-17(23-26-16)15(5)25-9-3;/h14-15H,7-13H2,1-6H3,(H2,19,20,21);1H. The molecule has 0 aromatic carbocycles. The average molecular weight is 496 g/mol. The molecule has 2 N–H and O–H groups in total. The second kappa shape index (κ2) is 15.0. The van der Waals surface area contributed by atoms with E-state index in [-0.39, 0.29) is 30.1 Å². The highest BCUT2D eigenvalue weighted by atomic mass is 127. The summed E-state index contributed by atoms with van der Waals surface area (Å²) in [5, 5.41) is 10.6. The number of nitrogens with one attached hydrogen (secondary N) is 2.